The molecule has 10 heteroatoms. The molecule has 0 spiro atoms. The first-order chi connectivity index (χ1) is 19.7. The first-order valence-electron chi connectivity index (χ1n) is 13.7. The molecule has 2 aliphatic rings. The van der Waals surface area contributed by atoms with E-state index in [-0.39, 0.29) is 42.2 Å². The summed E-state index contributed by atoms with van der Waals surface area (Å²) in [6.07, 6.45) is 2.47. The minimum Gasteiger partial charge on any atom is -0.331 e. The van der Waals surface area contributed by atoms with E-state index >= 15 is 0 Å². The van der Waals surface area contributed by atoms with Gasteiger partial charge in [-0.1, -0.05) is 48.0 Å². The van der Waals surface area contributed by atoms with Crippen molar-refractivity contribution in [1.82, 2.24) is 29.4 Å². The highest BCUT2D eigenvalue weighted by atomic mass is 35.5. The molecule has 0 fully saturated rings. The van der Waals surface area contributed by atoms with Crippen LogP contribution in [0.3, 0.4) is 0 Å². The molecular weight excluding hydrogens is 538 g/mol. The van der Waals surface area contributed by atoms with Gasteiger partial charge in [-0.25, -0.2) is 4.85 Å². The van der Waals surface area contributed by atoms with Gasteiger partial charge in [-0.15, -0.1) is 0 Å². The summed E-state index contributed by atoms with van der Waals surface area (Å²) in [7, 11) is 1.89. The number of aromatic nitrogens is 4. The SMILES string of the molecule is [C-]#[N+]c1cc(C(=O)N2Cc3c(nn4c3C(=O)N([C@H](C)c3ccc(-c5ccn(C)n5)cc3)C[C@H]4C)C[C@H]2C)ccc1Cl. The number of benzene rings is 2. The second-order valence-corrected chi connectivity index (χ2v) is 11.4. The molecule has 0 bridgehead atoms. The molecule has 2 aliphatic heterocycles. The Hall–Kier alpha value is -4.42. The van der Waals surface area contributed by atoms with Crippen LogP contribution in [-0.4, -0.2) is 53.8 Å². The highest BCUT2D eigenvalue weighted by Gasteiger charge is 2.40. The largest absolute Gasteiger partial charge is 0.331 e. The number of hydrogen-bond acceptors (Lipinski definition) is 4. The first-order valence-corrected chi connectivity index (χ1v) is 14.0. The predicted molar refractivity (Wildman–Crippen MR) is 156 cm³/mol. The average molecular weight is 568 g/mol. The lowest BCUT2D eigenvalue weighted by molar-refractivity contribution is 0.0574. The van der Waals surface area contributed by atoms with Crippen molar-refractivity contribution in [3.05, 3.63) is 99.2 Å². The Morgan fingerprint density at radius 3 is 2.54 bits per heavy atom. The van der Waals surface area contributed by atoms with E-state index in [1.165, 1.54) is 6.07 Å². The Balaban J connectivity index is 1.28. The Bertz CT molecular complexity index is 1720. The van der Waals surface area contributed by atoms with E-state index in [0.717, 1.165) is 28.1 Å². The molecule has 4 heterocycles. The number of carbonyl (C=O) groups is 2. The van der Waals surface area contributed by atoms with Gasteiger partial charge in [0.2, 0.25) is 5.69 Å². The van der Waals surface area contributed by atoms with E-state index in [1.807, 2.05) is 54.9 Å². The van der Waals surface area contributed by atoms with Gasteiger partial charge in [-0.2, -0.15) is 10.2 Å². The normalized spacial score (nSPS) is 19.0. The second-order valence-electron chi connectivity index (χ2n) is 11.0. The van der Waals surface area contributed by atoms with Crippen LogP contribution in [0.5, 0.6) is 0 Å². The summed E-state index contributed by atoms with van der Waals surface area (Å²) in [5.74, 6) is -0.277. The summed E-state index contributed by atoms with van der Waals surface area (Å²) in [6, 6.07) is 14.6. The Kier molecular flexibility index (Phi) is 6.66. The highest BCUT2D eigenvalue weighted by molar-refractivity contribution is 6.33. The van der Waals surface area contributed by atoms with Gasteiger partial charge in [-0.05, 0) is 38.5 Å². The zero-order chi connectivity index (χ0) is 29.0. The van der Waals surface area contributed by atoms with Gasteiger partial charge in [0.05, 0.1) is 36.6 Å². The molecule has 0 aliphatic carbocycles. The van der Waals surface area contributed by atoms with Crippen LogP contribution in [0.1, 0.15) is 70.5 Å². The number of carbonyl (C=O) groups excluding carboxylic acids is 2. The lowest BCUT2D eigenvalue weighted by Gasteiger charge is -2.37. The van der Waals surface area contributed by atoms with Crippen LogP contribution in [0.4, 0.5) is 5.69 Å². The summed E-state index contributed by atoms with van der Waals surface area (Å²) in [5, 5.41) is 9.65. The van der Waals surface area contributed by atoms with Gasteiger partial charge in [0.15, 0.2) is 0 Å². The summed E-state index contributed by atoms with van der Waals surface area (Å²) in [5.41, 5.74) is 5.83. The van der Waals surface area contributed by atoms with Gasteiger partial charge < -0.3 is 9.80 Å². The molecule has 0 saturated heterocycles. The standard InChI is InChI=1S/C31H30ClN7O2/c1-18-14-27-24(17-37(18)30(40)23-10-11-25(32)28(15-23)33-4)29-31(41)38(16-19(2)39(29)35-27)20(3)21-6-8-22(9-7-21)26-12-13-36(5)34-26/h6-13,15,18-20H,14,16-17H2,1-3,5H3/t18-,19-,20-/m1/s1. The molecule has 2 aromatic heterocycles. The maximum absolute atomic E-state index is 14.1. The fraction of sp³-hybridized carbons (Fsp3) is 0.323. The van der Waals surface area contributed by atoms with E-state index in [4.69, 9.17) is 23.3 Å². The number of rotatable bonds is 4. The van der Waals surface area contributed by atoms with Crippen LogP contribution >= 0.6 is 11.6 Å². The second kappa shape index (κ2) is 10.2. The van der Waals surface area contributed by atoms with Crippen LogP contribution < -0.4 is 0 Å². The molecule has 4 aromatic rings. The monoisotopic (exact) mass is 567 g/mol. The molecule has 0 radical (unpaired) electrons. The van der Waals surface area contributed by atoms with E-state index in [1.54, 1.807) is 21.7 Å². The third kappa shape index (κ3) is 4.58. The minimum absolute atomic E-state index is 0.0134. The summed E-state index contributed by atoms with van der Waals surface area (Å²) in [4.78, 5) is 34.7. The number of hydrogen-bond donors (Lipinski definition) is 0. The quantitative estimate of drug-likeness (QED) is 0.290. The molecule has 41 heavy (non-hydrogen) atoms. The first kappa shape index (κ1) is 26.8. The van der Waals surface area contributed by atoms with Crippen molar-refractivity contribution in [1.29, 1.82) is 0 Å². The van der Waals surface area contributed by atoms with Crippen molar-refractivity contribution < 1.29 is 9.59 Å². The number of amides is 2. The van der Waals surface area contributed by atoms with Gasteiger partial charge in [-0.3, -0.25) is 19.0 Å². The maximum atomic E-state index is 14.1. The fourth-order valence-electron chi connectivity index (χ4n) is 5.87. The van der Waals surface area contributed by atoms with Crippen LogP contribution in [0, 0.1) is 6.57 Å². The zero-order valence-electron chi connectivity index (χ0n) is 23.4. The van der Waals surface area contributed by atoms with Gasteiger partial charge in [0.25, 0.3) is 11.8 Å². The Morgan fingerprint density at radius 2 is 1.85 bits per heavy atom. The lowest BCUT2D eigenvalue weighted by atomic mass is 9.96. The van der Waals surface area contributed by atoms with Crippen LogP contribution in [0.15, 0.2) is 54.7 Å². The van der Waals surface area contributed by atoms with Crippen LogP contribution in [0.25, 0.3) is 16.1 Å². The third-order valence-corrected chi connectivity index (χ3v) is 8.55. The molecule has 2 amide bonds. The van der Waals surface area contributed by atoms with Gasteiger partial charge >= 0.3 is 0 Å². The van der Waals surface area contributed by atoms with Crippen molar-refractivity contribution in [3.8, 4) is 11.3 Å². The zero-order valence-corrected chi connectivity index (χ0v) is 24.1. The Labute approximate surface area is 243 Å². The number of fused-ring (bicyclic) bond motifs is 3. The van der Waals surface area contributed by atoms with Crippen molar-refractivity contribution in [2.45, 2.75) is 51.9 Å². The van der Waals surface area contributed by atoms with E-state index in [0.29, 0.717) is 29.2 Å². The molecule has 0 unspecified atom stereocenters. The molecule has 0 saturated carbocycles. The Morgan fingerprint density at radius 1 is 1.10 bits per heavy atom. The molecular formula is C31H30ClN7O2. The van der Waals surface area contributed by atoms with E-state index < -0.39 is 0 Å². The van der Waals surface area contributed by atoms with E-state index in [9.17, 15) is 9.59 Å². The van der Waals surface area contributed by atoms with Crippen molar-refractivity contribution in [3.63, 3.8) is 0 Å². The topological polar surface area (TPSA) is 80.6 Å². The molecule has 208 valence electrons. The third-order valence-electron chi connectivity index (χ3n) is 8.23. The van der Waals surface area contributed by atoms with Gasteiger partial charge in [0.1, 0.15) is 5.69 Å². The molecule has 0 N–H and O–H groups in total. The van der Waals surface area contributed by atoms with Crippen molar-refractivity contribution >= 4 is 29.1 Å². The van der Waals surface area contributed by atoms with Crippen molar-refractivity contribution in [2.75, 3.05) is 6.54 Å². The fourth-order valence-corrected chi connectivity index (χ4v) is 6.03. The van der Waals surface area contributed by atoms with Crippen molar-refractivity contribution in [2.24, 2.45) is 7.05 Å². The number of nitrogens with zero attached hydrogens (tertiary/aromatic N) is 7. The average Bonchev–Trinajstić information content (AvgIpc) is 3.58. The molecule has 6 rings (SSSR count). The minimum atomic E-state index is -0.195. The summed E-state index contributed by atoms with van der Waals surface area (Å²) >= 11 is 6.10. The maximum Gasteiger partial charge on any atom is 0.273 e. The summed E-state index contributed by atoms with van der Waals surface area (Å²) < 4.78 is 3.62. The highest BCUT2D eigenvalue weighted by Crippen LogP contribution is 2.36. The number of halogens is 1. The van der Waals surface area contributed by atoms with E-state index in [2.05, 4.69) is 29.0 Å². The number of aryl methyl sites for hydroxylation is 1. The molecule has 3 atom stereocenters. The molecule has 2 aromatic carbocycles. The predicted octanol–water partition coefficient (Wildman–Crippen LogP) is 5.85. The van der Waals surface area contributed by atoms with Crippen LogP contribution in [0.2, 0.25) is 5.02 Å². The van der Waals surface area contributed by atoms with Gasteiger partial charge in [0, 0.05) is 54.0 Å². The van der Waals surface area contributed by atoms with Crippen LogP contribution in [-0.2, 0) is 20.0 Å². The smallest absolute Gasteiger partial charge is 0.273 e. The summed E-state index contributed by atoms with van der Waals surface area (Å²) in [6.45, 7) is 14.3. The molecule has 9 nitrogen and oxygen atoms in total. The lowest BCUT2D eigenvalue weighted by Crippen LogP contribution is -2.45.